The van der Waals surface area contributed by atoms with E-state index in [0.717, 1.165) is 22.5 Å². The average molecular weight is 382 g/mol. The van der Waals surface area contributed by atoms with Crippen LogP contribution in [0.4, 0.5) is 5.69 Å². The first-order chi connectivity index (χ1) is 13.2. The molecule has 27 heavy (non-hydrogen) atoms. The zero-order valence-corrected chi connectivity index (χ0v) is 16.2. The Hall–Kier alpha value is -2.00. The maximum atomic E-state index is 12.2. The van der Waals surface area contributed by atoms with E-state index in [1.165, 1.54) is 30.4 Å². The molecule has 1 N–H and O–H groups in total. The van der Waals surface area contributed by atoms with Crippen molar-refractivity contribution in [1.29, 1.82) is 0 Å². The van der Waals surface area contributed by atoms with Gasteiger partial charge in [0.25, 0.3) is 0 Å². The Morgan fingerprint density at radius 2 is 1.93 bits per heavy atom. The van der Waals surface area contributed by atoms with Gasteiger partial charge >= 0.3 is 5.97 Å². The van der Waals surface area contributed by atoms with Crippen molar-refractivity contribution in [3.63, 3.8) is 0 Å². The van der Waals surface area contributed by atoms with Crippen molar-refractivity contribution in [2.45, 2.75) is 38.1 Å². The number of nitrogens with one attached hydrogen (secondary N) is 1. The molecule has 1 heterocycles. The third kappa shape index (κ3) is 2.75. The number of halogens is 1. The predicted octanol–water partition coefficient (Wildman–Crippen LogP) is 5.81. The van der Waals surface area contributed by atoms with Gasteiger partial charge in [-0.25, -0.2) is 4.79 Å². The molecule has 2 saturated carbocycles. The molecule has 140 valence electrons. The third-order valence-electron chi connectivity index (χ3n) is 6.83. The lowest BCUT2D eigenvalue weighted by atomic mass is 9.68. The molecule has 0 aromatic heterocycles. The first kappa shape index (κ1) is 17.1. The molecule has 2 aromatic carbocycles. The van der Waals surface area contributed by atoms with Gasteiger partial charge < -0.3 is 10.1 Å². The number of ether oxygens (including phenoxy) is 1. The van der Waals surface area contributed by atoms with Crippen molar-refractivity contribution in [1.82, 2.24) is 0 Å². The van der Waals surface area contributed by atoms with Crippen molar-refractivity contribution in [3.8, 4) is 0 Å². The van der Waals surface area contributed by atoms with E-state index in [-0.39, 0.29) is 5.97 Å². The lowest BCUT2D eigenvalue weighted by Gasteiger charge is -2.43. The minimum absolute atomic E-state index is 0.222. The molecule has 2 aliphatic carbocycles. The molecule has 0 saturated heterocycles. The number of rotatable bonds is 3. The van der Waals surface area contributed by atoms with Crippen LogP contribution >= 0.6 is 11.6 Å². The molecular formula is C23H24ClNO2. The minimum atomic E-state index is -0.222. The van der Waals surface area contributed by atoms with Crippen molar-refractivity contribution in [2.75, 3.05) is 11.9 Å². The van der Waals surface area contributed by atoms with E-state index >= 15 is 0 Å². The standard InChI is InChI=1S/C23H24ClNO2/c1-2-27-23(26)16-7-10-19-18(12-16)20-14-3-4-15(11-14)21(20)22(25-19)13-5-8-17(24)9-6-13/h5-10,12,14-15,20-22,25H,2-4,11H2,1H3/t14-,15-,20-,21-,22+/m0/s1. The second kappa shape index (κ2) is 6.56. The zero-order valence-electron chi connectivity index (χ0n) is 15.5. The molecule has 5 atom stereocenters. The summed E-state index contributed by atoms with van der Waals surface area (Å²) >= 11 is 6.11. The van der Waals surface area contributed by atoms with Crippen LogP contribution in [-0.4, -0.2) is 12.6 Å². The topological polar surface area (TPSA) is 38.3 Å². The monoisotopic (exact) mass is 381 g/mol. The van der Waals surface area contributed by atoms with Crippen LogP contribution in [0.5, 0.6) is 0 Å². The lowest BCUT2D eigenvalue weighted by Crippen LogP contribution is -2.35. The van der Waals surface area contributed by atoms with E-state index < -0.39 is 0 Å². The summed E-state index contributed by atoms with van der Waals surface area (Å²) in [6.07, 6.45) is 3.94. The SMILES string of the molecule is CCOC(=O)c1ccc2c(c1)[C@@H]1[C@H]3CC[C@@H](C3)[C@@H]1[C@@H](c1ccc(Cl)cc1)N2. The number of fused-ring (bicyclic) bond motifs is 7. The van der Waals surface area contributed by atoms with Crippen LogP contribution < -0.4 is 5.32 Å². The van der Waals surface area contributed by atoms with Gasteiger partial charge in [-0.05, 0) is 91.3 Å². The summed E-state index contributed by atoms with van der Waals surface area (Å²) in [5, 5.41) is 4.57. The first-order valence-electron chi connectivity index (χ1n) is 9.98. The van der Waals surface area contributed by atoms with Crippen LogP contribution in [0.2, 0.25) is 5.02 Å². The lowest BCUT2D eigenvalue weighted by molar-refractivity contribution is 0.0526. The quantitative estimate of drug-likeness (QED) is 0.681. The Morgan fingerprint density at radius 3 is 2.70 bits per heavy atom. The van der Waals surface area contributed by atoms with Gasteiger partial charge in [0.2, 0.25) is 0 Å². The van der Waals surface area contributed by atoms with Gasteiger partial charge in [0.05, 0.1) is 18.2 Å². The minimum Gasteiger partial charge on any atom is -0.462 e. The molecule has 4 heteroatoms. The Kier molecular flexibility index (Phi) is 4.16. The number of carbonyl (C=O) groups is 1. The van der Waals surface area contributed by atoms with Gasteiger partial charge in [-0.1, -0.05) is 23.7 Å². The number of carbonyl (C=O) groups excluding carboxylic acids is 1. The molecule has 1 aliphatic heterocycles. The normalized spacial score (nSPS) is 30.4. The highest BCUT2D eigenvalue weighted by molar-refractivity contribution is 6.30. The van der Waals surface area contributed by atoms with Crippen LogP contribution in [0, 0.1) is 17.8 Å². The van der Waals surface area contributed by atoms with E-state index in [1.807, 2.05) is 25.1 Å². The second-order valence-electron chi connectivity index (χ2n) is 8.13. The summed E-state index contributed by atoms with van der Waals surface area (Å²) in [5.41, 5.74) is 4.45. The molecule has 0 radical (unpaired) electrons. The molecular weight excluding hydrogens is 358 g/mol. The number of esters is 1. The molecule has 2 fully saturated rings. The predicted molar refractivity (Wildman–Crippen MR) is 107 cm³/mol. The van der Waals surface area contributed by atoms with Gasteiger partial charge in [0.15, 0.2) is 0 Å². The highest BCUT2D eigenvalue weighted by atomic mass is 35.5. The molecule has 0 amide bonds. The summed E-state index contributed by atoms with van der Waals surface area (Å²) in [7, 11) is 0. The number of anilines is 1. The molecule has 0 spiro atoms. The van der Waals surface area contributed by atoms with Gasteiger partial charge in [-0.3, -0.25) is 0 Å². The van der Waals surface area contributed by atoms with Crippen LogP contribution in [0.15, 0.2) is 42.5 Å². The van der Waals surface area contributed by atoms with Gasteiger partial charge in [-0.2, -0.15) is 0 Å². The first-order valence-corrected chi connectivity index (χ1v) is 10.4. The Labute approximate surface area is 165 Å². The Bertz CT molecular complexity index is 878. The highest BCUT2D eigenvalue weighted by Crippen LogP contribution is 2.63. The van der Waals surface area contributed by atoms with Gasteiger partial charge in [0.1, 0.15) is 0 Å². The molecule has 5 rings (SSSR count). The van der Waals surface area contributed by atoms with E-state index in [1.54, 1.807) is 0 Å². The van der Waals surface area contributed by atoms with Crippen LogP contribution in [-0.2, 0) is 4.74 Å². The summed E-state index contributed by atoms with van der Waals surface area (Å²) in [5.74, 6) is 2.37. The Morgan fingerprint density at radius 1 is 1.15 bits per heavy atom. The third-order valence-corrected chi connectivity index (χ3v) is 7.08. The van der Waals surface area contributed by atoms with Gasteiger partial charge in [-0.15, -0.1) is 0 Å². The van der Waals surface area contributed by atoms with E-state index in [0.29, 0.717) is 30.0 Å². The number of hydrogen-bond acceptors (Lipinski definition) is 3. The molecule has 0 unspecified atom stereocenters. The maximum Gasteiger partial charge on any atom is 0.338 e. The summed E-state index contributed by atoms with van der Waals surface area (Å²) in [6, 6.07) is 14.6. The largest absolute Gasteiger partial charge is 0.462 e. The second-order valence-corrected chi connectivity index (χ2v) is 8.57. The average Bonchev–Trinajstić information content (AvgIpc) is 3.30. The fourth-order valence-electron chi connectivity index (χ4n) is 5.83. The van der Waals surface area contributed by atoms with E-state index in [4.69, 9.17) is 16.3 Å². The molecule has 2 aromatic rings. The summed E-state index contributed by atoms with van der Waals surface area (Å²) < 4.78 is 5.22. The maximum absolute atomic E-state index is 12.2. The number of benzene rings is 2. The zero-order chi connectivity index (χ0) is 18.5. The van der Waals surface area contributed by atoms with Gasteiger partial charge in [0, 0.05) is 10.7 Å². The van der Waals surface area contributed by atoms with Crippen LogP contribution in [0.25, 0.3) is 0 Å². The van der Waals surface area contributed by atoms with Crippen LogP contribution in [0.1, 0.15) is 59.6 Å². The summed E-state index contributed by atoms with van der Waals surface area (Å²) in [6.45, 7) is 2.25. The summed E-state index contributed by atoms with van der Waals surface area (Å²) in [4.78, 5) is 12.2. The smallest absolute Gasteiger partial charge is 0.338 e. The highest BCUT2D eigenvalue weighted by Gasteiger charge is 2.53. The van der Waals surface area contributed by atoms with Crippen molar-refractivity contribution < 1.29 is 9.53 Å². The molecule has 3 nitrogen and oxygen atoms in total. The van der Waals surface area contributed by atoms with Crippen LogP contribution in [0.3, 0.4) is 0 Å². The van der Waals surface area contributed by atoms with Crippen molar-refractivity contribution in [2.24, 2.45) is 17.8 Å². The fraction of sp³-hybridized carbons (Fsp3) is 0.435. The number of hydrogen-bond donors (Lipinski definition) is 1. The van der Waals surface area contributed by atoms with Crippen molar-refractivity contribution >= 4 is 23.3 Å². The molecule has 3 aliphatic rings. The fourth-order valence-corrected chi connectivity index (χ4v) is 5.95. The van der Waals surface area contributed by atoms with E-state index in [9.17, 15) is 4.79 Å². The molecule has 2 bridgehead atoms. The van der Waals surface area contributed by atoms with E-state index in [2.05, 4.69) is 29.6 Å². The Balaban J connectivity index is 1.57. The van der Waals surface area contributed by atoms with Crippen molar-refractivity contribution in [3.05, 3.63) is 64.2 Å².